The van der Waals surface area contributed by atoms with Crippen LogP contribution < -0.4 is 4.90 Å². The number of aromatic nitrogens is 1. The number of rotatable bonds is 7. The average Bonchev–Trinajstić information content (AvgIpc) is 3.88. The summed E-state index contributed by atoms with van der Waals surface area (Å²) < 4.78 is 5.11. The van der Waals surface area contributed by atoms with Gasteiger partial charge in [-0.05, 0) is 93.7 Å². The standard InChI is InChI=1S/C58H38N2S/c1-4-17-39(18-5-1)51-36-43(46-27-16-28-50-49-26-13-15-30-57(49)61-58(46)50)31-34-54(51)59(44-23-8-3-9-24-44)45-32-33-48-47-25-12-14-29-53(47)60(56(48)38-45)55-37-42-22-11-10-21-41(42)35-52(55)40-19-6-2-7-20-40/h1-38H. The van der Waals surface area contributed by atoms with Crippen LogP contribution in [0.4, 0.5) is 17.1 Å². The van der Waals surface area contributed by atoms with Gasteiger partial charge >= 0.3 is 0 Å². The Morgan fingerprint density at radius 2 is 0.967 bits per heavy atom. The predicted octanol–water partition coefficient (Wildman–Crippen LogP) is 16.8. The summed E-state index contributed by atoms with van der Waals surface area (Å²) in [6.07, 6.45) is 0. The molecule has 286 valence electrons. The molecule has 12 aromatic rings. The Kier molecular flexibility index (Phi) is 8.39. The summed E-state index contributed by atoms with van der Waals surface area (Å²) in [5.74, 6) is 0. The summed E-state index contributed by atoms with van der Waals surface area (Å²) in [6, 6.07) is 84.3. The highest BCUT2D eigenvalue weighted by Gasteiger charge is 2.22. The van der Waals surface area contributed by atoms with Crippen LogP contribution in [0.25, 0.3) is 91.8 Å². The molecule has 0 saturated carbocycles. The van der Waals surface area contributed by atoms with Crippen LogP contribution in [0.1, 0.15) is 0 Å². The maximum atomic E-state index is 2.49. The predicted molar refractivity (Wildman–Crippen MR) is 262 cm³/mol. The summed E-state index contributed by atoms with van der Waals surface area (Å²) in [4.78, 5) is 2.44. The van der Waals surface area contributed by atoms with Gasteiger partial charge in [0.1, 0.15) is 0 Å². The molecule has 2 nitrogen and oxygen atoms in total. The lowest BCUT2D eigenvalue weighted by molar-refractivity contribution is 1.18. The van der Waals surface area contributed by atoms with Crippen molar-refractivity contribution in [3.05, 3.63) is 231 Å². The van der Waals surface area contributed by atoms with Crippen molar-refractivity contribution in [1.29, 1.82) is 0 Å². The van der Waals surface area contributed by atoms with Crippen molar-refractivity contribution in [3.8, 4) is 39.1 Å². The highest BCUT2D eigenvalue weighted by Crippen LogP contribution is 2.47. The SMILES string of the molecule is c1ccc(-c2cc(-c3cccc4c3sc3ccccc34)ccc2N(c2ccccc2)c2ccc3c4ccccc4n(-c4cc5ccccc5cc4-c4ccccc4)c3c2)cc1. The minimum Gasteiger partial charge on any atom is -0.310 e. The minimum atomic E-state index is 1.08. The third-order valence-corrected chi connectivity index (χ3v) is 13.4. The molecular weight excluding hydrogens is 757 g/mol. The number of anilines is 3. The molecule has 12 rings (SSSR count). The lowest BCUT2D eigenvalue weighted by atomic mass is 9.95. The first-order valence-electron chi connectivity index (χ1n) is 20.8. The molecule has 0 fully saturated rings. The maximum Gasteiger partial charge on any atom is 0.0562 e. The van der Waals surface area contributed by atoms with Crippen molar-refractivity contribution < 1.29 is 0 Å². The van der Waals surface area contributed by atoms with E-state index in [1.807, 2.05) is 11.3 Å². The molecule has 0 amide bonds. The molecular formula is C58H38N2S. The molecule has 61 heavy (non-hydrogen) atoms. The second-order valence-electron chi connectivity index (χ2n) is 15.7. The molecule has 0 aliphatic carbocycles. The fourth-order valence-corrected chi connectivity index (χ4v) is 10.6. The van der Waals surface area contributed by atoms with E-state index >= 15 is 0 Å². The molecule has 0 atom stereocenters. The number of hydrogen-bond donors (Lipinski definition) is 0. The van der Waals surface area contributed by atoms with Crippen molar-refractivity contribution in [2.24, 2.45) is 0 Å². The van der Waals surface area contributed by atoms with Gasteiger partial charge < -0.3 is 9.47 Å². The summed E-state index contributed by atoms with van der Waals surface area (Å²) in [6.45, 7) is 0. The highest BCUT2D eigenvalue weighted by atomic mass is 32.1. The molecule has 0 N–H and O–H groups in total. The van der Waals surface area contributed by atoms with Crippen molar-refractivity contribution in [2.45, 2.75) is 0 Å². The monoisotopic (exact) mass is 794 g/mol. The fourth-order valence-electron chi connectivity index (χ4n) is 9.35. The third-order valence-electron chi connectivity index (χ3n) is 12.2. The van der Waals surface area contributed by atoms with Gasteiger partial charge in [0.25, 0.3) is 0 Å². The van der Waals surface area contributed by atoms with Gasteiger partial charge in [-0.25, -0.2) is 0 Å². The highest BCUT2D eigenvalue weighted by molar-refractivity contribution is 7.26. The summed E-state index contributed by atoms with van der Waals surface area (Å²) >= 11 is 1.88. The third kappa shape index (κ3) is 5.93. The van der Waals surface area contributed by atoms with Gasteiger partial charge in [0, 0.05) is 53.4 Å². The average molecular weight is 795 g/mol. The van der Waals surface area contributed by atoms with Gasteiger partial charge in [0.15, 0.2) is 0 Å². The number of para-hydroxylation sites is 2. The number of fused-ring (bicyclic) bond motifs is 7. The van der Waals surface area contributed by atoms with E-state index in [-0.39, 0.29) is 0 Å². The van der Waals surface area contributed by atoms with Gasteiger partial charge in [-0.3, -0.25) is 0 Å². The molecule has 0 aliphatic rings. The lowest BCUT2D eigenvalue weighted by Crippen LogP contribution is -2.11. The molecule has 3 heteroatoms. The topological polar surface area (TPSA) is 8.17 Å². The van der Waals surface area contributed by atoms with Gasteiger partial charge in [0.05, 0.1) is 22.4 Å². The number of hydrogen-bond acceptors (Lipinski definition) is 2. The molecule has 2 aromatic heterocycles. The molecule has 2 heterocycles. The Bertz CT molecular complexity index is 3580. The maximum absolute atomic E-state index is 2.49. The number of nitrogens with zero attached hydrogens (tertiary/aromatic N) is 2. The molecule has 0 unspecified atom stereocenters. The van der Waals surface area contributed by atoms with Crippen LogP contribution in [0.5, 0.6) is 0 Å². The first kappa shape index (κ1) is 35.2. The van der Waals surface area contributed by atoms with Crippen LogP contribution in [0.3, 0.4) is 0 Å². The zero-order valence-electron chi connectivity index (χ0n) is 33.2. The van der Waals surface area contributed by atoms with Crippen molar-refractivity contribution >= 4 is 81.1 Å². The van der Waals surface area contributed by atoms with E-state index in [0.717, 1.165) is 28.3 Å². The Hall–Kier alpha value is -7.72. The van der Waals surface area contributed by atoms with Crippen molar-refractivity contribution in [3.63, 3.8) is 0 Å². The fraction of sp³-hybridized carbons (Fsp3) is 0. The second kappa shape index (κ2) is 14.5. The molecule has 10 aromatic carbocycles. The van der Waals surface area contributed by atoms with Crippen molar-refractivity contribution in [2.75, 3.05) is 4.90 Å². The minimum absolute atomic E-state index is 1.08. The van der Waals surface area contributed by atoms with Crippen LogP contribution in [0.2, 0.25) is 0 Å². The quantitative estimate of drug-likeness (QED) is 0.156. The van der Waals surface area contributed by atoms with Crippen LogP contribution in [0, 0.1) is 0 Å². The normalized spacial score (nSPS) is 11.6. The zero-order chi connectivity index (χ0) is 40.3. The van der Waals surface area contributed by atoms with E-state index in [9.17, 15) is 0 Å². The first-order chi connectivity index (χ1) is 30.3. The zero-order valence-corrected chi connectivity index (χ0v) is 34.1. The molecule has 0 spiro atoms. The summed E-state index contributed by atoms with van der Waals surface area (Å²) in [5, 5.41) is 7.50. The molecule has 0 saturated heterocycles. The molecule has 0 radical (unpaired) electrons. The second-order valence-corrected chi connectivity index (χ2v) is 16.7. The Labute approximate surface area is 358 Å². The van der Waals surface area contributed by atoms with Gasteiger partial charge in [-0.2, -0.15) is 0 Å². The van der Waals surface area contributed by atoms with E-state index in [2.05, 4.69) is 240 Å². The summed E-state index contributed by atoms with van der Waals surface area (Å²) in [7, 11) is 0. The van der Waals surface area contributed by atoms with E-state index < -0.39 is 0 Å². The van der Waals surface area contributed by atoms with E-state index in [1.165, 1.54) is 80.6 Å². The number of benzene rings is 10. The number of thiophene rings is 1. The van der Waals surface area contributed by atoms with E-state index in [1.54, 1.807) is 0 Å². The van der Waals surface area contributed by atoms with Crippen LogP contribution in [-0.4, -0.2) is 4.57 Å². The van der Waals surface area contributed by atoms with E-state index in [0.29, 0.717) is 0 Å². The lowest BCUT2D eigenvalue weighted by Gasteiger charge is -2.28. The van der Waals surface area contributed by atoms with E-state index in [4.69, 9.17) is 0 Å². The Morgan fingerprint density at radius 3 is 1.75 bits per heavy atom. The molecule has 0 bridgehead atoms. The Morgan fingerprint density at radius 1 is 0.344 bits per heavy atom. The van der Waals surface area contributed by atoms with Crippen molar-refractivity contribution in [1.82, 2.24) is 4.57 Å². The van der Waals surface area contributed by atoms with Gasteiger partial charge in [0.2, 0.25) is 0 Å². The van der Waals surface area contributed by atoms with Gasteiger partial charge in [-0.1, -0.05) is 170 Å². The van der Waals surface area contributed by atoms with Crippen LogP contribution in [0.15, 0.2) is 231 Å². The van der Waals surface area contributed by atoms with Crippen LogP contribution in [-0.2, 0) is 0 Å². The smallest absolute Gasteiger partial charge is 0.0562 e. The van der Waals surface area contributed by atoms with Crippen LogP contribution >= 0.6 is 11.3 Å². The first-order valence-corrected chi connectivity index (χ1v) is 21.7. The molecule has 0 aliphatic heterocycles. The van der Waals surface area contributed by atoms with Gasteiger partial charge in [-0.15, -0.1) is 11.3 Å². The Balaban J connectivity index is 1.11. The largest absolute Gasteiger partial charge is 0.310 e. The summed E-state index contributed by atoms with van der Waals surface area (Å²) in [5.41, 5.74) is 14.0.